The Balaban J connectivity index is 3.88. The summed E-state index contributed by atoms with van der Waals surface area (Å²) in [7, 11) is 0. The zero-order valence-corrected chi connectivity index (χ0v) is 16.8. The summed E-state index contributed by atoms with van der Waals surface area (Å²) in [5.41, 5.74) is 0. The molecule has 0 spiro atoms. The van der Waals surface area contributed by atoms with E-state index in [4.69, 9.17) is 128 Å². The van der Waals surface area contributed by atoms with Crippen molar-refractivity contribution in [3.05, 3.63) is 0 Å². The average Bonchev–Trinajstić information content (AvgIpc) is 2.24. The lowest BCUT2D eigenvalue weighted by molar-refractivity contribution is -0.141. The molecule has 0 aromatic rings. The zero-order chi connectivity index (χ0) is 16.6. The molecule has 0 bridgehead atoms. The summed E-state index contributed by atoms with van der Waals surface area (Å²) in [5.74, 6) is -1.89. The van der Waals surface area contributed by atoms with E-state index in [1.165, 1.54) is 0 Å². The maximum Gasteiger partial charge on any atom is 0.331 e. The van der Waals surface area contributed by atoms with Gasteiger partial charge in [-0.15, -0.1) is 0 Å². The maximum atomic E-state index is 11.5. The molecule has 0 aliphatic heterocycles. The Labute approximate surface area is 168 Å². The molecule has 1 N–H and O–H groups in total. The van der Waals surface area contributed by atoms with E-state index in [-0.39, 0.29) is 0 Å². The third-order valence-electron chi connectivity index (χ3n) is 2.74. The number of carboxylic acid groups (broad SMARTS) is 1. The predicted octanol–water partition coefficient (Wildman–Crippen LogP) is 5.93. The minimum Gasteiger partial charge on any atom is -0.480 e. The Morgan fingerprint density at radius 3 is 0.950 bits per heavy atom. The number of carboxylic acids is 1. The van der Waals surface area contributed by atoms with Gasteiger partial charge in [0.25, 0.3) is 0 Å². The lowest BCUT2D eigenvalue weighted by Gasteiger charge is -2.61. The third kappa shape index (κ3) is 2.03. The fourth-order valence-electron chi connectivity index (χ4n) is 1.49. The van der Waals surface area contributed by atoms with Crippen LogP contribution in [0.1, 0.15) is 0 Å². The van der Waals surface area contributed by atoms with Crippen LogP contribution in [-0.2, 0) is 4.79 Å². The van der Waals surface area contributed by atoms with Crippen molar-refractivity contribution in [1.82, 2.24) is 0 Å². The fraction of sp³-hybridized carbons (Fsp3) is 0.857. The molecule has 0 amide bonds. The summed E-state index contributed by atoms with van der Waals surface area (Å²) in [5, 5.41) is 9.31. The van der Waals surface area contributed by atoms with Crippen molar-refractivity contribution in [3.63, 3.8) is 0 Å². The molecule has 1 fully saturated rings. The first-order valence-electron chi connectivity index (χ1n) is 4.26. The number of hydrogen-bond acceptors (Lipinski definition) is 1. The van der Waals surface area contributed by atoms with Gasteiger partial charge in [0.05, 0.1) is 0 Å². The van der Waals surface area contributed by atoms with Gasteiger partial charge in [0, 0.05) is 0 Å². The molecule has 0 radical (unpaired) electrons. The van der Waals surface area contributed by atoms with E-state index in [2.05, 4.69) is 0 Å². The summed E-state index contributed by atoms with van der Waals surface area (Å²) >= 11 is 64.9. The van der Waals surface area contributed by atoms with Gasteiger partial charge in [0.15, 0.2) is 21.7 Å². The summed E-state index contributed by atoms with van der Waals surface area (Å²) in [6.07, 6.45) is 0. The van der Waals surface area contributed by atoms with Crippen molar-refractivity contribution in [2.75, 3.05) is 0 Å². The van der Waals surface area contributed by atoms with Crippen LogP contribution in [0.4, 0.5) is 0 Å². The largest absolute Gasteiger partial charge is 0.480 e. The molecule has 1 aliphatic carbocycles. The van der Waals surface area contributed by atoms with E-state index in [0.29, 0.717) is 0 Å². The molecule has 0 aromatic heterocycles. The van der Waals surface area contributed by atoms with E-state index < -0.39 is 32.5 Å². The van der Waals surface area contributed by atoms with Gasteiger partial charge in [0.1, 0.15) is 0 Å². The summed E-state index contributed by atoms with van der Waals surface area (Å²) < 4.78 is -13.5. The number of hydrogen-bond donors (Lipinski definition) is 1. The van der Waals surface area contributed by atoms with Crippen LogP contribution in [-0.4, -0.2) is 37.6 Å². The van der Waals surface area contributed by atoms with Crippen molar-refractivity contribution >= 4 is 134 Å². The second-order valence-electron chi connectivity index (χ2n) is 3.84. The number of aliphatic carboxylic acids is 1. The van der Waals surface area contributed by atoms with E-state index >= 15 is 0 Å². The van der Waals surface area contributed by atoms with Gasteiger partial charge >= 0.3 is 5.97 Å². The highest BCUT2D eigenvalue weighted by atomic mass is 35.6. The molecule has 0 atom stereocenters. The first-order valence-corrected chi connectivity index (χ1v) is 8.41. The highest BCUT2D eigenvalue weighted by molar-refractivity contribution is 6.81. The highest BCUT2D eigenvalue weighted by Crippen LogP contribution is 2.76. The van der Waals surface area contributed by atoms with Gasteiger partial charge in [0.2, 0.25) is 4.87 Å². The minimum absolute atomic E-state index is 1.89. The fourth-order valence-corrected chi connectivity index (χ4v) is 5.90. The lowest BCUT2D eigenvalue weighted by Crippen LogP contribution is -2.82. The number of alkyl halides is 11. The van der Waals surface area contributed by atoms with Crippen LogP contribution >= 0.6 is 128 Å². The predicted molar refractivity (Wildman–Crippen MR) is 88.4 cm³/mol. The smallest absolute Gasteiger partial charge is 0.331 e. The van der Waals surface area contributed by atoms with Crippen LogP contribution in [0.5, 0.6) is 0 Å². The average molecular weight is 507 g/mol. The molecular formula is C7HCl11O2. The van der Waals surface area contributed by atoms with E-state index in [9.17, 15) is 9.90 Å². The number of halogens is 11. The molecule has 0 saturated heterocycles. The second-order valence-corrected chi connectivity index (χ2v) is 11.0. The summed E-state index contributed by atoms with van der Waals surface area (Å²) in [6.45, 7) is 0. The van der Waals surface area contributed by atoms with Crippen molar-refractivity contribution in [3.8, 4) is 0 Å². The Bertz CT molecular complexity index is 424. The van der Waals surface area contributed by atoms with Gasteiger partial charge in [-0.1, -0.05) is 128 Å². The molecule has 0 aromatic carbocycles. The summed E-state index contributed by atoms with van der Waals surface area (Å²) in [4.78, 5) is 8.55. The van der Waals surface area contributed by atoms with Crippen LogP contribution in [0, 0.1) is 0 Å². The molecule has 0 unspecified atom stereocenters. The second kappa shape index (κ2) is 5.33. The van der Waals surface area contributed by atoms with Gasteiger partial charge in [-0.05, 0) is 0 Å². The molecule has 13 heteroatoms. The van der Waals surface area contributed by atoms with Gasteiger partial charge in [-0.25, -0.2) is 0 Å². The molecule has 118 valence electrons. The molecule has 2 nitrogen and oxygen atoms in total. The van der Waals surface area contributed by atoms with Crippen LogP contribution in [0.25, 0.3) is 0 Å². The highest BCUT2D eigenvalue weighted by Gasteiger charge is 2.90. The van der Waals surface area contributed by atoms with E-state index in [1.54, 1.807) is 0 Å². The van der Waals surface area contributed by atoms with Gasteiger partial charge < -0.3 is 5.11 Å². The van der Waals surface area contributed by atoms with Crippen molar-refractivity contribution in [2.24, 2.45) is 0 Å². The first kappa shape index (κ1) is 20.7. The third-order valence-corrected chi connectivity index (χ3v) is 11.1. The van der Waals surface area contributed by atoms with Crippen molar-refractivity contribution in [2.45, 2.75) is 26.5 Å². The molecule has 0 heterocycles. The lowest BCUT2D eigenvalue weighted by atomic mass is 9.83. The maximum absolute atomic E-state index is 11.5. The van der Waals surface area contributed by atoms with Gasteiger partial charge in [-0.3, -0.25) is 4.79 Å². The number of rotatable bonds is 1. The van der Waals surface area contributed by atoms with Crippen molar-refractivity contribution in [1.29, 1.82) is 0 Å². The van der Waals surface area contributed by atoms with Gasteiger partial charge in [-0.2, -0.15) is 0 Å². The Kier molecular flexibility index (Phi) is 5.51. The molecule has 1 rings (SSSR count). The standard InChI is InChI=1S/C7HCl11O2/c8-2(1(19)20)3(9,10)5(13,14)7(17,18)6(15,16)4(2,11)12/h(H,19,20). The monoisotopic (exact) mass is 502 g/mol. The Morgan fingerprint density at radius 2 is 0.750 bits per heavy atom. The van der Waals surface area contributed by atoms with E-state index in [1.807, 2.05) is 0 Å². The molecular weight excluding hydrogens is 506 g/mol. The van der Waals surface area contributed by atoms with Crippen LogP contribution in [0.2, 0.25) is 0 Å². The molecule has 1 aliphatic rings. The van der Waals surface area contributed by atoms with E-state index in [0.717, 1.165) is 0 Å². The normalized spacial score (nSPS) is 31.6. The minimum atomic E-state index is -2.95. The van der Waals surface area contributed by atoms with Crippen LogP contribution in [0.3, 0.4) is 0 Å². The van der Waals surface area contributed by atoms with Crippen molar-refractivity contribution < 1.29 is 9.90 Å². The SMILES string of the molecule is O=C(O)C1(Cl)C(Cl)(Cl)C(Cl)(Cl)C(Cl)(Cl)C(Cl)(Cl)C1(Cl)Cl. The van der Waals surface area contributed by atoms with Crippen LogP contribution in [0.15, 0.2) is 0 Å². The summed E-state index contributed by atoms with van der Waals surface area (Å²) in [6, 6.07) is 0. The number of carbonyl (C=O) groups is 1. The Hall–Kier alpha value is 2.66. The quantitative estimate of drug-likeness (QED) is 0.447. The Morgan fingerprint density at radius 1 is 0.550 bits per heavy atom. The zero-order valence-electron chi connectivity index (χ0n) is 8.51. The molecule has 20 heavy (non-hydrogen) atoms. The topological polar surface area (TPSA) is 37.3 Å². The van der Waals surface area contributed by atoms with Crippen LogP contribution < -0.4 is 0 Å². The molecule has 1 saturated carbocycles. The first-order chi connectivity index (χ1) is 8.44.